The fraction of sp³-hybridized carbons (Fsp3) is 0.320. The molecule has 0 aliphatic carbocycles. The Balaban J connectivity index is 0.00000193. The highest BCUT2D eigenvalue weighted by molar-refractivity contribution is 6.10. The fourth-order valence-corrected chi connectivity index (χ4v) is 4.42. The van der Waals surface area contributed by atoms with Gasteiger partial charge in [-0.1, -0.05) is 23.8 Å². The van der Waals surface area contributed by atoms with Crippen LogP contribution in [0.1, 0.15) is 42.6 Å². The Bertz CT molecular complexity index is 1100. The van der Waals surface area contributed by atoms with E-state index in [2.05, 4.69) is 53.1 Å². The van der Waals surface area contributed by atoms with E-state index < -0.39 is 0 Å². The molecule has 3 aromatic rings. The maximum absolute atomic E-state index is 12.9. The molecule has 1 aliphatic heterocycles. The molecule has 3 N–H and O–H groups in total. The summed E-state index contributed by atoms with van der Waals surface area (Å²) in [5.41, 5.74) is 12.1. The first-order chi connectivity index (χ1) is 14.9. The van der Waals surface area contributed by atoms with Gasteiger partial charge in [-0.15, -0.1) is 0 Å². The van der Waals surface area contributed by atoms with Crippen LogP contribution in [-0.4, -0.2) is 41.4 Å². The maximum atomic E-state index is 12.9. The number of pyridine rings is 2. The van der Waals surface area contributed by atoms with Crippen molar-refractivity contribution in [2.24, 2.45) is 0 Å². The van der Waals surface area contributed by atoms with Crippen LogP contribution in [0, 0.1) is 20.8 Å². The van der Waals surface area contributed by atoms with E-state index >= 15 is 0 Å². The molecule has 0 amide bonds. The number of nitrogens with one attached hydrogen (secondary N) is 1. The number of nitrogens with two attached hydrogens (primary N) is 1. The van der Waals surface area contributed by atoms with Crippen molar-refractivity contribution in [3.05, 3.63) is 82.2 Å². The number of carbonyl (C=O) groups is 1. The van der Waals surface area contributed by atoms with E-state index in [0.29, 0.717) is 17.3 Å². The van der Waals surface area contributed by atoms with E-state index in [4.69, 9.17) is 5.73 Å². The lowest BCUT2D eigenvalue weighted by Crippen LogP contribution is -2.52. The molecule has 1 atom stereocenters. The molecule has 1 fully saturated rings. The van der Waals surface area contributed by atoms with Crippen LogP contribution >= 0.6 is 0 Å². The highest BCUT2D eigenvalue weighted by Gasteiger charge is 2.23. The number of carbonyl (C=O) groups excluding carboxylic acids is 1. The van der Waals surface area contributed by atoms with E-state index in [0.717, 1.165) is 31.9 Å². The van der Waals surface area contributed by atoms with Crippen molar-refractivity contribution in [2.75, 3.05) is 30.3 Å². The maximum Gasteiger partial charge on any atom is 0.215 e. The van der Waals surface area contributed by atoms with Crippen LogP contribution in [0.4, 0.5) is 11.6 Å². The molecule has 0 spiro atoms. The third-order valence-electron chi connectivity index (χ3n) is 5.92. The summed E-state index contributed by atoms with van der Waals surface area (Å²) in [5, 5.41) is 3.65. The lowest BCUT2D eigenvalue weighted by molar-refractivity contribution is 0.103. The highest BCUT2D eigenvalue weighted by atomic mass is 16.1. The number of aromatic nitrogens is 2. The van der Waals surface area contributed by atoms with Gasteiger partial charge in [0.15, 0.2) is 0 Å². The van der Waals surface area contributed by atoms with Crippen LogP contribution in [0.15, 0.2) is 48.7 Å². The van der Waals surface area contributed by atoms with Gasteiger partial charge in [0.2, 0.25) is 5.78 Å². The predicted molar refractivity (Wildman–Crippen MR) is 131 cm³/mol. The first-order valence-electron chi connectivity index (χ1n) is 10.7. The third kappa shape index (κ3) is 4.59. The standard InChI is InChI=1S/C25H29N5O.3H2/c1-16-12-17(2)21(18(3)13-16)14-19-15-30(11-10-27-19)23-8-4-7-22(29-23)24(31)20-6-5-9-28-25(20)26;;;/h4-9,12-13,19,27H,10-11,14-15H2,1-3H3,(H2,26,28);3*1H. The second-order valence-corrected chi connectivity index (χ2v) is 8.32. The van der Waals surface area contributed by atoms with Gasteiger partial charge in [-0.2, -0.15) is 0 Å². The van der Waals surface area contributed by atoms with Gasteiger partial charge in [0.1, 0.15) is 17.3 Å². The zero-order valence-electron chi connectivity index (χ0n) is 18.4. The number of aryl methyl sites for hydroxylation is 3. The van der Waals surface area contributed by atoms with Crippen molar-refractivity contribution in [1.82, 2.24) is 15.3 Å². The monoisotopic (exact) mass is 421 g/mol. The molecular weight excluding hydrogens is 386 g/mol. The average molecular weight is 422 g/mol. The number of rotatable bonds is 5. The smallest absolute Gasteiger partial charge is 0.215 e. The SMILES string of the molecule is Cc1cc(C)c(CC2CN(c3cccc(C(=O)c4cccnc4N)n3)CCN2)c(C)c1.[HH].[HH].[HH]. The second kappa shape index (κ2) is 8.86. The van der Waals surface area contributed by atoms with Crippen LogP contribution in [0.2, 0.25) is 0 Å². The summed E-state index contributed by atoms with van der Waals surface area (Å²) in [6.45, 7) is 9.09. The summed E-state index contributed by atoms with van der Waals surface area (Å²) in [7, 11) is 0. The number of ketones is 1. The first-order valence-corrected chi connectivity index (χ1v) is 10.7. The molecule has 1 aliphatic rings. The van der Waals surface area contributed by atoms with Gasteiger partial charge in [-0.3, -0.25) is 4.79 Å². The summed E-state index contributed by atoms with van der Waals surface area (Å²) >= 11 is 0. The minimum atomic E-state index is -0.204. The summed E-state index contributed by atoms with van der Waals surface area (Å²) < 4.78 is 0. The highest BCUT2D eigenvalue weighted by Crippen LogP contribution is 2.21. The molecule has 1 aromatic carbocycles. The molecule has 1 unspecified atom stereocenters. The molecule has 0 radical (unpaired) electrons. The Morgan fingerprint density at radius 1 is 1.19 bits per heavy atom. The lowest BCUT2D eigenvalue weighted by Gasteiger charge is -2.35. The Morgan fingerprint density at radius 2 is 1.97 bits per heavy atom. The summed E-state index contributed by atoms with van der Waals surface area (Å²) in [5.74, 6) is 0.841. The van der Waals surface area contributed by atoms with Gasteiger partial charge >= 0.3 is 0 Å². The zero-order valence-corrected chi connectivity index (χ0v) is 18.4. The van der Waals surface area contributed by atoms with Crippen molar-refractivity contribution in [3.63, 3.8) is 0 Å². The van der Waals surface area contributed by atoms with E-state index in [1.54, 1.807) is 24.4 Å². The van der Waals surface area contributed by atoms with Crippen LogP contribution < -0.4 is 16.0 Å². The largest absolute Gasteiger partial charge is 0.383 e. The van der Waals surface area contributed by atoms with Gasteiger partial charge in [0.05, 0.1) is 5.56 Å². The minimum absolute atomic E-state index is 0. The number of piperazine rings is 1. The fourth-order valence-electron chi connectivity index (χ4n) is 4.42. The normalized spacial score (nSPS) is 16.4. The van der Waals surface area contributed by atoms with Crippen molar-refractivity contribution >= 4 is 17.4 Å². The van der Waals surface area contributed by atoms with Crippen LogP contribution in [-0.2, 0) is 6.42 Å². The molecule has 6 nitrogen and oxygen atoms in total. The Labute approximate surface area is 188 Å². The van der Waals surface area contributed by atoms with E-state index in [9.17, 15) is 4.79 Å². The van der Waals surface area contributed by atoms with E-state index in [1.165, 1.54) is 22.3 Å². The molecule has 166 valence electrons. The molecule has 31 heavy (non-hydrogen) atoms. The van der Waals surface area contributed by atoms with E-state index in [1.807, 2.05) is 12.1 Å². The van der Waals surface area contributed by atoms with Gasteiger partial charge in [0.25, 0.3) is 0 Å². The molecule has 2 aromatic heterocycles. The van der Waals surface area contributed by atoms with Gasteiger partial charge in [-0.05, 0) is 68.1 Å². The molecular formula is C25H35N5O. The zero-order chi connectivity index (χ0) is 22.0. The topological polar surface area (TPSA) is 84.1 Å². The Hall–Kier alpha value is -3.25. The second-order valence-electron chi connectivity index (χ2n) is 8.32. The third-order valence-corrected chi connectivity index (χ3v) is 5.92. The number of hydrogen-bond donors (Lipinski definition) is 2. The molecule has 3 heterocycles. The summed E-state index contributed by atoms with van der Waals surface area (Å²) in [4.78, 5) is 23.8. The number of nitrogen functional groups attached to an aromatic ring is 1. The quantitative estimate of drug-likeness (QED) is 0.607. The summed E-state index contributed by atoms with van der Waals surface area (Å²) in [6.07, 6.45) is 2.55. The molecule has 0 bridgehead atoms. The molecule has 1 saturated heterocycles. The number of hydrogen-bond acceptors (Lipinski definition) is 6. The molecule has 4 rings (SSSR count). The first kappa shape index (κ1) is 21.0. The van der Waals surface area contributed by atoms with Gasteiger partial charge in [0, 0.05) is 36.2 Å². The van der Waals surface area contributed by atoms with Crippen molar-refractivity contribution in [2.45, 2.75) is 33.2 Å². The van der Waals surface area contributed by atoms with Crippen LogP contribution in [0.25, 0.3) is 0 Å². The Morgan fingerprint density at radius 3 is 2.71 bits per heavy atom. The van der Waals surface area contributed by atoms with Crippen LogP contribution in [0.3, 0.4) is 0 Å². The lowest BCUT2D eigenvalue weighted by atomic mass is 9.93. The van der Waals surface area contributed by atoms with Crippen molar-refractivity contribution in [1.29, 1.82) is 0 Å². The predicted octanol–water partition coefficient (Wildman–Crippen LogP) is 3.97. The van der Waals surface area contributed by atoms with Crippen molar-refractivity contribution < 1.29 is 9.07 Å². The molecule has 0 saturated carbocycles. The average Bonchev–Trinajstić information content (AvgIpc) is 2.76. The number of nitrogens with zero attached hydrogens (tertiary/aromatic N) is 3. The van der Waals surface area contributed by atoms with Crippen molar-refractivity contribution in [3.8, 4) is 0 Å². The summed E-state index contributed by atoms with van der Waals surface area (Å²) in [6, 6.07) is 13.8. The van der Waals surface area contributed by atoms with E-state index in [-0.39, 0.29) is 15.9 Å². The number of benzene rings is 1. The number of anilines is 2. The van der Waals surface area contributed by atoms with Gasteiger partial charge in [-0.25, -0.2) is 9.97 Å². The van der Waals surface area contributed by atoms with Crippen LogP contribution in [0.5, 0.6) is 0 Å². The molecule has 6 heteroatoms. The van der Waals surface area contributed by atoms with Gasteiger partial charge < -0.3 is 16.0 Å². The minimum Gasteiger partial charge on any atom is -0.383 e. The Kier molecular flexibility index (Phi) is 6.00.